The van der Waals surface area contributed by atoms with E-state index in [1.165, 1.54) is 5.56 Å². The van der Waals surface area contributed by atoms with E-state index in [-0.39, 0.29) is 5.91 Å². The molecule has 1 aliphatic heterocycles. The molecule has 0 aliphatic carbocycles. The number of anilines is 1. The minimum absolute atomic E-state index is 0.0556. The molecule has 120 valence electrons. The molecule has 1 saturated heterocycles. The summed E-state index contributed by atoms with van der Waals surface area (Å²) in [6.07, 6.45) is 3.17. The van der Waals surface area contributed by atoms with Crippen LogP contribution in [-0.2, 0) is 0 Å². The average molecular weight is 331 g/mol. The number of hydrogen-bond acceptors (Lipinski definition) is 4. The second kappa shape index (κ2) is 6.54. The molecule has 1 aromatic carbocycles. The molecule has 0 spiro atoms. The van der Waals surface area contributed by atoms with Crippen LogP contribution in [-0.4, -0.2) is 47.0 Å². The quantitative estimate of drug-likeness (QED) is 0.849. The van der Waals surface area contributed by atoms with Crippen LogP contribution >= 0.6 is 11.6 Å². The third-order valence-electron chi connectivity index (χ3n) is 4.08. The van der Waals surface area contributed by atoms with Gasteiger partial charge in [0.1, 0.15) is 5.69 Å². The molecular formula is C17H19ClN4O. The zero-order valence-corrected chi connectivity index (χ0v) is 14.0. The lowest BCUT2D eigenvalue weighted by Crippen LogP contribution is -2.49. The van der Waals surface area contributed by atoms with Gasteiger partial charge in [0, 0.05) is 43.1 Å². The van der Waals surface area contributed by atoms with Gasteiger partial charge in [-0.2, -0.15) is 0 Å². The largest absolute Gasteiger partial charge is 0.368 e. The summed E-state index contributed by atoms with van der Waals surface area (Å²) in [6, 6.07) is 5.91. The zero-order chi connectivity index (χ0) is 16.4. The van der Waals surface area contributed by atoms with Gasteiger partial charge in [0.15, 0.2) is 0 Å². The molecule has 0 unspecified atom stereocenters. The van der Waals surface area contributed by atoms with Gasteiger partial charge in [-0.3, -0.25) is 9.78 Å². The van der Waals surface area contributed by atoms with Crippen molar-refractivity contribution >= 4 is 23.2 Å². The van der Waals surface area contributed by atoms with E-state index >= 15 is 0 Å². The van der Waals surface area contributed by atoms with Crippen molar-refractivity contribution in [3.05, 3.63) is 52.6 Å². The van der Waals surface area contributed by atoms with Crippen LogP contribution in [0.2, 0.25) is 5.02 Å². The third kappa shape index (κ3) is 3.45. The molecular weight excluding hydrogens is 312 g/mol. The van der Waals surface area contributed by atoms with Crippen LogP contribution in [0.3, 0.4) is 0 Å². The van der Waals surface area contributed by atoms with Gasteiger partial charge in [-0.15, -0.1) is 0 Å². The Hall–Kier alpha value is -2.14. The number of carbonyl (C=O) groups is 1. The minimum Gasteiger partial charge on any atom is -0.368 e. The summed E-state index contributed by atoms with van der Waals surface area (Å²) in [5.41, 5.74) is 3.55. The Morgan fingerprint density at radius 1 is 1.09 bits per heavy atom. The molecule has 5 nitrogen and oxygen atoms in total. The van der Waals surface area contributed by atoms with Gasteiger partial charge in [0.2, 0.25) is 0 Å². The predicted molar refractivity (Wildman–Crippen MR) is 91.1 cm³/mol. The van der Waals surface area contributed by atoms with E-state index in [4.69, 9.17) is 11.6 Å². The zero-order valence-electron chi connectivity index (χ0n) is 13.3. The molecule has 1 amide bonds. The molecule has 3 rings (SSSR count). The first-order valence-corrected chi connectivity index (χ1v) is 8.01. The number of amides is 1. The molecule has 6 heteroatoms. The van der Waals surface area contributed by atoms with E-state index in [0.29, 0.717) is 18.8 Å². The number of hydrogen-bond donors (Lipinski definition) is 0. The van der Waals surface area contributed by atoms with E-state index in [9.17, 15) is 4.79 Å². The van der Waals surface area contributed by atoms with Crippen molar-refractivity contribution in [3.63, 3.8) is 0 Å². The van der Waals surface area contributed by atoms with Gasteiger partial charge in [-0.1, -0.05) is 17.7 Å². The molecule has 23 heavy (non-hydrogen) atoms. The van der Waals surface area contributed by atoms with Crippen LogP contribution in [0.25, 0.3) is 0 Å². The molecule has 2 aromatic rings. The van der Waals surface area contributed by atoms with Crippen LogP contribution in [0.5, 0.6) is 0 Å². The maximum absolute atomic E-state index is 12.5. The van der Waals surface area contributed by atoms with Gasteiger partial charge in [0.05, 0.1) is 11.9 Å². The predicted octanol–water partition coefficient (Wildman–Crippen LogP) is 2.71. The summed E-state index contributed by atoms with van der Waals surface area (Å²) in [6.45, 7) is 6.83. The number of aryl methyl sites for hydroxylation is 2. The highest BCUT2D eigenvalue weighted by atomic mass is 35.5. The van der Waals surface area contributed by atoms with Gasteiger partial charge in [-0.25, -0.2) is 4.98 Å². The fraction of sp³-hybridized carbons (Fsp3) is 0.353. The lowest BCUT2D eigenvalue weighted by atomic mass is 10.1. The van der Waals surface area contributed by atoms with Crippen molar-refractivity contribution < 1.29 is 4.79 Å². The number of aromatic nitrogens is 2. The van der Waals surface area contributed by atoms with E-state index < -0.39 is 0 Å². The lowest BCUT2D eigenvalue weighted by molar-refractivity contribution is 0.0740. The number of piperazine rings is 1. The second-order valence-electron chi connectivity index (χ2n) is 5.75. The number of nitrogens with zero attached hydrogens (tertiary/aromatic N) is 4. The summed E-state index contributed by atoms with van der Waals surface area (Å²) < 4.78 is 0. The number of halogens is 1. The Balaban J connectivity index is 1.67. The molecule has 2 heterocycles. The van der Waals surface area contributed by atoms with Crippen molar-refractivity contribution in [2.45, 2.75) is 13.8 Å². The Bertz CT molecular complexity index is 709. The summed E-state index contributed by atoms with van der Waals surface area (Å²) in [4.78, 5) is 24.9. The first-order chi connectivity index (χ1) is 11.0. The second-order valence-corrected chi connectivity index (χ2v) is 6.19. The summed E-state index contributed by atoms with van der Waals surface area (Å²) in [7, 11) is 0. The number of carbonyl (C=O) groups excluding carboxylic acids is 1. The third-order valence-corrected chi connectivity index (χ3v) is 4.31. The normalized spacial score (nSPS) is 14.9. The first kappa shape index (κ1) is 15.7. The van der Waals surface area contributed by atoms with E-state index in [0.717, 1.165) is 29.5 Å². The summed E-state index contributed by atoms with van der Waals surface area (Å²) >= 11 is 6.10. The van der Waals surface area contributed by atoms with E-state index in [1.54, 1.807) is 12.4 Å². The minimum atomic E-state index is -0.0556. The Morgan fingerprint density at radius 3 is 2.48 bits per heavy atom. The molecule has 0 bridgehead atoms. The van der Waals surface area contributed by atoms with Gasteiger partial charge in [0.25, 0.3) is 5.91 Å². The summed E-state index contributed by atoms with van der Waals surface area (Å²) in [5, 5.41) is 0.735. The Morgan fingerprint density at radius 2 is 1.83 bits per heavy atom. The maximum atomic E-state index is 12.5. The number of benzene rings is 1. The molecule has 0 saturated carbocycles. The van der Waals surface area contributed by atoms with Crippen molar-refractivity contribution in [1.82, 2.24) is 14.9 Å². The van der Waals surface area contributed by atoms with Crippen LogP contribution in [0.4, 0.5) is 5.69 Å². The molecule has 1 aromatic heterocycles. The molecule has 0 radical (unpaired) electrons. The summed E-state index contributed by atoms with van der Waals surface area (Å²) in [5.74, 6) is -0.0556. The maximum Gasteiger partial charge on any atom is 0.274 e. The van der Waals surface area contributed by atoms with Crippen LogP contribution in [0.1, 0.15) is 21.7 Å². The van der Waals surface area contributed by atoms with Gasteiger partial charge >= 0.3 is 0 Å². The lowest BCUT2D eigenvalue weighted by Gasteiger charge is -2.36. The number of rotatable bonds is 2. The van der Waals surface area contributed by atoms with Crippen molar-refractivity contribution in [2.24, 2.45) is 0 Å². The van der Waals surface area contributed by atoms with Crippen molar-refractivity contribution in [1.29, 1.82) is 0 Å². The van der Waals surface area contributed by atoms with Crippen LogP contribution in [0.15, 0.2) is 30.6 Å². The van der Waals surface area contributed by atoms with Crippen molar-refractivity contribution in [2.75, 3.05) is 31.1 Å². The van der Waals surface area contributed by atoms with E-state index in [1.807, 2.05) is 30.0 Å². The monoisotopic (exact) mass is 330 g/mol. The Kier molecular flexibility index (Phi) is 4.48. The molecule has 1 aliphatic rings. The SMILES string of the molecule is Cc1cnc(C(=O)N2CCN(c3cc(Cl)ccc3C)CC2)cn1. The standard InChI is InChI=1S/C17H19ClN4O/c1-12-3-4-14(18)9-16(12)21-5-7-22(8-6-21)17(23)15-11-19-13(2)10-20-15/h3-4,9-11H,5-8H2,1-2H3. The highest BCUT2D eigenvalue weighted by Crippen LogP contribution is 2.25. The van der Waals surface area contributed by atoms with Crippen LogP contribution < -0.4 is 4.90 Å². The van der Waals surface area contributed by atoms with Crippen LogP contribution in [0, 0.1) is 13.8 Å². The Labute approximate surface area is 140 Å². The fourth-order valence-corrected chi connectivity index (χ4v) is 2.91. The smallest absolute Gasteiger partial charge is 0.274 e. The van der Waals surface area contributed by atoms with E-state index in [2.05, 4.69) is 21.8 Å². The topological polar surface area (TPSA) is 49.3 Å². The van der Waals surface area contributed by atoms with Gasteiger partial charge in [-0.05, 0) is 31.5 Å². The molecule has 1 fully saturated rings. The highest BCUT2D eigenvalue weighted by Gasteiger charge is 2.24. The molecule has 0 atom stereocenters. The first-order valence-electron chi connectivity index (χ1n) is 7.63. The highest BCUT2D eigenvalue weighted by molar-refractivity contribution is 6.30. The van der Waals surface area contributed by atoms with Crippen molar-refractivity contribution in [3.8, 4) is 0 Å². The average Bonchev–Trinajstić information content (AvgIpc) is 2.57. The molecule has 0 N–H and O–H groups in total. The van der Waals surface area contributed by atoms with Gasteiger partial charge < -0.3 is 9.80 Å². The fourth-order valence-electron chi connectivity index (χ4n) is 2.74.